The first-order valence-corrected chi connectivity index (χ1v) is 8.22. The summed E-state index contributed by atoms with van der Waals surface area (Å²) in [6.45, 7) is 4.66. The standard InChI is InChI=1S/C17H25ClN2/c1-12(13-6-8-15(18)9-7-13)20(2)11-17-16-5-3-4-14(16)10-19-17/h6-9,12,14,16-17,19H,3-5,10-11H2,1-2H3. The second-order valence-electron chi connectivity index (χ2n) is 6.54. The third-order valence-corrected chi connectivity index (χ3v) is 5.63. The third-order valence-electron chi connectivity index (χ3n) is 5.38. The van der Waals surface area contributed by atoms with Crippen LogP contribution < -0.4 is 5.32 Å². The van der Waals surface area contributed by atoms with Gasteiger partial charge in [0, 0.05) is 23.7 Å². The Labute approximate surface area is 127 Å². The molecule has 3 rings (SSSR count). The van der Waals surface area contributed by atoms with Crippen LogP contribution >= 0.6 is 11.6 Å². The summed E-state index contributed by atoms with van der Waals surface area (Å²) in [6.07, 6.45) is 4.29. The van der Waals surface area contributed by atoms with Crippen LogP contribution in [0.25, 0.3) is 0 Å². The first-order valence-electron chi connectivity index (χ1n) is 7.84. The molecule has 4 atom stereocenters. The summed E-state index contributed by atoms with van der Waals surface area (Å²) in [4.78, 5) is 2.47. The minimum absolute atomic E-state index is 0.439. The molecule has 0 amide bonds. The molecule has 1 aliphatic carbocycles. The van der Waals surface area contributed by atoms with Crippen molar-refractivity contribution in [1.29, 1.82) is 0 Å². The zero-order chi connectivity index (χ0) is 14.1. The molecule has 1 aliphatic heterocycles. The van der Waals surface area contributed by atoms with E-state index < -0.39 is 0 Å². The van der Waals surface area contributed by atoms with Crippen LogP contribution in [0, 0.1) is 11.8 Å². The minimum atomic E-state index is 0.439. The normalized spacial score (nSPS) is 30.7. The summed E-state index contributed by atoms with van der Waals surface area (Å²) in [5, 5.41) is 4.56. The molecule has 1 heterocycles. The van der Waals surface area contributed by atoms with E-state index in [1.54, 1.807) is 0 Å². The van der Waals surface area contributed by atoms with Crippen LogP contribution in [0.5, 0.6) is 0 Å². The average Bonchev–Trinajstić information content (AvgIpc) is 3.04. The maximum absolute atomic E-state index is 5.97. The lowest BCUT2D eigenvalue weighted by atomic mass is 9.93. The fourth-order valence-corrected chi connectivity index (χ4v) is 4.09. The van der Waals surface area contributed by atoms with Gasteiger partial charge in [-0.25, -0.2) is 0 Å². The van der Waals surface area contributed by atoms with Gasteiger partial charge in [-0.3, -0.25) is 4.90 Å². The van der Waals surface area contributed by atoms with Gasteiger partial charge in [0.15, 0.2) is 0 Å². The molecular weight excluding hydrogens is 268 g/mol. The number of nitrogens with zero attached hydrogens (tertiary/aromatic N) is 1. The van der Waals surface area contributed by atoms with E-state index >= 15 is 0 Å². The molecule has 2 fully saturated rings. The van der Waals surface area contributed by atoms with Crippen molar-refractivity contribution in [3.05, 3.63) is 34.9 Å². The molecule has 1 aromatic carbocycles. The zero-order valence-electron chi connectivity index (χ0n) is 12.5. The van der Waals surface area contributed by atoms with Gasteiger partial charge in [-0.05, 0) is 62.9 Å². The Balaban J connectivity index is 1.61. The zero-order valence-corrected chi connectivity index (χ0v) is 13.2. The SMILES string of the molecule is CC(c1ccc(Cl)cc1)N(C)CC1NCC2CCCC21. The number of nitrogens with one attached hydrogen (secondary N) is 1. The number of likely N-dealkylation sites (N-methyl/N-ethyl adjacent to an activating group) is 1. The van der Waals surface area contributed by atoms with E-state index in [-0.39, 0.29) is 0 Å². The fourth-order valence-electron chi connectivity index (χ4n) is 3.97. The number of hydrogen-bond donors (Lipinski definition) is 1. The average molecular weight is 293 g/mol. The van der Waals surface area contributed by atoms with Gasteiger partial charge in [-0.15, -0.1) is 0 Å². The van der Waals surface area contributed by atoms with Crippen molar-refractivity contribution >= 4 is 11.6 Å². The largest absolute Gasteiger partial charge is 0.312 e. The van der Waals surface area contributed by atoms with E-state index in [9.17, 15) is 0 Å². The van der Waals surface area contributed by atoms with Crippen LogP contribution in [0.3, 0.4) is 0 Å². The van der Waals surface area contributed by atoms with Crippen molar-refractivity contribution in [3.63, 3.8) is 0 Å². The Morgan fingerprint density at radius 3 is 2.80 bits per heavy atom. The Bertz CT molecular complexity index is 445. The molecule has 1 saturated heterocycles. The Hall–Kier alpha value is -0.570. The predicted molar refractivity (Wildman–Crippen MR) is 85.1 cm³/mol. The van der Waals surface area contributed by atoms with Gasteiger partial charge < -0.3 is 5.32 Å². The Morgan fingerprint density at radius 1 is 1.30 bits per heavy atom. The summed E-state index contributed by atoms with van der Waals surface area (Å²) >= 11 is 5.97. The van der Waals surface area contributed by atoms with Crippen LogP contribution in [0.15, 0.2) is 24.3 Å². The molecule has 2 aliphatic rings. The van der Waals surface area contributed by atoms with Gasteiger partial charge in [-0.1, -0.05) is 30.2 Å². The maximum Gasteiger partial charge on any atom is 0.0406 e. The van der Waals surface area contributed by atoms with Gasteiger partial charge in [-0.2, -0.15) is 0 Å². The van der Waals surface area contributed by atoms with Crippen molar-refractivity contribution in [2.75, 3.05) is 20.1 Å². The Morgan fingerprint density at radius 2 is 2.05 bits per heavy atom. The molecule has 110 valence electrons. The van der Waals surface area contributed by atoms with Crippen molar-refractivity contribution in [2.24, 2.45) is 11.8 Å². The van der Waals surface area contributed by atoms with E-state index in [0.29, 0.717) is 12.1 Å². The van der Waals surface area contributed by atoms with Crippen LogP contribution in [0.4, 0.5) is 0 Å². The van der Waals surface area contributed by atoms with E-state index in [4.69, 9.17) is 11.6 Å². The molecule has 3 heteroatoms. The fraction of sp³-hybridized carbons (Fsp3) is 0.647. The minimum Gasteiger partial charge on any atom is -0.312 e. The lowest BCUT2D eigenvalue weighted by Crippen LogP contribution is -2.39. The first-order chi connectivity index (χ1) is 9.65. The van der Waals surface area contributed by atoms with Gasteiger partial charge >= 0.3 is 0 Å². The highest BCUT2D eigenvalue weighted by Crippen LogP contribution is 2.38. The number of halogens is 1. The second-order valence-corrected chi connectivity index (χ2v) is 6.97. The van der Waals surface area contributed by atoms with Crippen molar-refractivity contribution in [2.45, 2.75) is 38.3 Å². The van der Waals surface area contributed by atoms with Gasteiger partial charge in [0.05, 0.1) is 0 Å². The van der Waals surface area contributed by atoms with E-state index in [0.717, 1.165) is 23.4 Å². The molecule has 0 radical (unpaired) electrons. The number of rotatable bonds is 4. The highest BCUT2D eigenvalue weighted by molar-refractivity contribution is 6.30. The first kappa shape index (κ1) is 14.4. The highest BCUT2D eigenvalue weighted by Gasteiger charge is 2.39. The molecule has 1 aromatic rings. The lowest BCUT2D eigenvalue weighted by Gasteiger charge is -2.30. The Kier molecular flexibility index (Phi) is 4.34. The smallest absolute Gasteiger partial charge is 0.0406 e. The van der Waals surface area contributed by atoms with Crippen molar-refractivity contribution < 1.29 is 0 Å². The quantitative estimate of drug-likeness (QED) is 0.910. The topological polar surface area (TPSA) is 15.3 Å². The molecule has 0 aromatic heterocycles. The van der Waals surface area contributed by atoms with Crippen LogP contribution in [-0.4, -0.2) is 31.1 Å². The van der Waals surface area contributed by atoms with Gasteiger partial charge in [0.1, 0.15) is 0 Å². The molecule has 1 N–H and O–H groups in total. The van der Waals surface area contributed by atoms with E-state index in [2.05, 4.69) is 36.3 Å². The maximum atomic E-state index is 5.97. The van der Waals surface area contributed by atoms with Crippen LogP contribution in [-0.2, 0) is 0 Å². The number of fused-ring (bicyclic) bond motifs is 1. The van der Waals surface area contributed by atoms with Crippen molar-refractivity contribution in [1.82, 2.24) is 10.2 Å². The number of benzene rings is 1. The summed E-state index contributed by atoms with van der Waals surface area (Å²) in [6, 6.07) is 9.38. The van der Waals surface area contributed by atoms with Gasteiger partial charge in [0.25, 0.3) is 0 Å². The predicted octanol–water partition coefficient (Wildman–Crippen LogP) is 3.72. The number of hydrogen-bond acceptors (Lipinski definition) is 2. The lowest BCUT2D eigenvalue weighted by molar-refractivity contribution is 0.216. The molecule has 0 bridgehead atoms. The van der Waals surface area contributed by atoms with E-state index in [1.165, 1.54) is 31.4 Å². The van der Waals surface area contributed by atoms with E-state index in [1.807, 2.05) is 12.1 Å². The van der Waals surface area contributed by atoms with Gasteiger partial charge in [0.2, 0.25) is 0 Å². The monoisotopic (exact) mass is 292 g/mol. The summed E-state index contributed by atoms with van der Waals surface area (Å²) < 4.78 is 0. The second kappa shape index (κ2) is 6.05. The molecule has 4 unspecified atom stereocenters. The molecular formula is C17H25ClN2. The summed E-state index contributed by atoms with van der Waals surface area (Å²) in [5.41, 5.74) is 1.35. The summed E-state index contributed by atoms with van der Waals surface area (Å²) in [5.74, 6) is 1.86. The molecule has 2 nitrogen and oxygen atoms in total. The molecule has 0 spiro atoms. The van der Waals surface area contributed by atoms with Crippen molar-refractivity contribution in [3.8, 4) is 0 Å². The molecule has 1 saturated carbocycles. The summed E-state index contributed by atoms with van der Waals surface area (Å²) in [7, 11) is 2.24. The molecule has 20 heavy (non-hydrogen) atoms. The van der Waals surface area contributed by atoms with Crippen LogP contribution in [0.2, 0.25) is 5.02 Å². The highest BCUT2D eigenvalue weighted by atomic mass is 35.5. The third kappa shape index (κ3) is 2.88. The van der Waals surface area contributed by atoms with Crippen LogP contribution in [0.1, 0.15) is 37.8 Å².